The van der Waals surface area contributed by atoms with Gasteiger partial charge in [-0.2, -0.15) is 0 Å². The summed E-state index contributed by atoms with van der Waals surface area (Å²) in [5.74, 6) is -0.467. The number of nitrogens with zero attached hydrogens (tertiary/aromatic N) is 2. The zero-order chi connectivity index (χ0) is 20.0. The molecule has 0 saturated carbocycles. The Hall–Kier alpha value is -2.86. The number of hydrogen-bond acceptors (Lipinski definition) is 5. The van der Waals surface area contributed by atoms with Gasteiger partial charge in [-0.1, -0.05) is 24.3 Å². The van der Waals surface area contributed by atoms with Gasteiger partial charge in [-0.25, -0.2) is 0 Å². The van der Waals surface area contributed by atoms with Gasteiger partial charge in [0.1, 0.15) is 5.75 Å². The van der Waals surface area contributed by atoms with E-state index in [1.54, 1.807) is 24.3 Å². The molecule has 0 aliphatic rings. The van der Waals surface area contributed by atoms with Crippen LogP contribution >= 0.6 is 0 Å². The molecule has 1 N–H and O–H groups in total. The van der Waals surface area contributed by atoms with Gasteiger partial charge in [-0.05, 0) is 43.9 Å². The zero-order valence-corrected chi connectivity index (χ0v) is 16.5. The average molecular weight is 369 g/mol. The number of nitrogens with one attached hydrogen (secondary N) is 1. The van der Waals surface area contributed by atoms with Crippen molar-refractivity contribution in [1.29, 1.82) is 0 Å². The third-order valence-corrected chi connectivity index (χ3v) is 4.26. The molecule has 2 aromatic rings. The Bertz CT molecular complexity index is 786. The van der Waals surface area contributed by atoms with Crippen molar-refractivity contribution in [3.8, 4) is 5.75 Å². The summed E-state index contributed by atoms with van der Waals surface area (Å²) >= 11 is 0. The van der Waals surface area contributed by atoms with Gasteiger partial charge in [0.2, 0.25) is 0 Å². The Labute approximate surface area is 160 Å². The number of carbonyl (C=O) groups excluding carboxylic acids is 2. The van der Waals surface area contributed by atoms with Crippen LogP contribution in [-0.4, -0.2) is 51.5 Å². The SMILES string of the molecule is CC(=O)Oc1ccccc1C(=O)NC[C@@H](c1ccc(N(C)C)cc1)N(C)C. The molecule has 0 saturated heterocycles. The number of esters is 1. The monoisotopic (exact) mass is 369 g/mol. The van der Waals surface area contributed by atoms with E-state index in [9.17, 15) is 9.59 Å². The maximum atomic E-state index is 12.6. The standard InChI is InChI=1S/C21H27N3O3/c1-15(25)27-20-9-7-6-8-18(20)21(26)22-14-19(24(4)5)16-10-12-17(13-11-16)23(2)3/h6-13,19H,14H2,1-5H3,(H,22,26)/t19-/m0/s1. The lowest BCUT2D eigenvalue weighted by molar-refractivity contribution is -0.131. The second kappa shape index (κ2) is 9.19. The summed E-state index contributed by atoms with van der Waals surface area (Å²) in [5.41, 5.74) is 2.57. The molecule has 0 aliphatic carbocycles. The van der Waals surface area contributed by atoms with E-state index in [-0.39, 0.29) is 17.7 Å². The lowest BCUT2D eigenvalue weighted by Crippen LogP contribution is -2.34. The molecule has 0 aliphatic heterocycles. The Balaban J connectivity index is 2.12. The first kappa shape index (κ1) is 20.5. The van der Waals surface area contributed by atoms with Gasteiger partial charge < -0.3 is 19.9 Å². The number of hydrogen-bond donors (Lipinski definition) is 1. The van der Waals surface area contributed by atoms with Crippen LogP contribution in [0.15, 0.2) is 48.5 Å². The summed E-state index contributed by atoms with van der Waals surface area (Å²) in [4.78, 5) is 28.0. The molecule has 1 amide bonds. The maximum Gasteiger partial charge on any atom is 0.308 e. The summed E-state index contributed by atoms with van der Waals surface area (Å²) in [5, 5.41) is 2.95. The highest BCUT2D eigenvalue weighted by Crippen LogP contribution is 2.22. The minimum absolute atomic E-state index is 0.0195. The molecular formula is C21H27N3O3. The summed E-state index contributed by atoms with van der Waals surface area (Å²) in [6, 6.07) is 15.0. The van der Waals surface area contributed by atoms with Crippen molar-refractivity contribution in [3.63, 3.8) is 0 Å². The number of amides is 1. The van der Waals surface area contributed by atoms with Gasteiger partial charge in [-0.3, -0.25) is 9.59 Å². The Morgan fingerprint density at radius 3 is 2.19 bits per heavy atom. The molecule has 6 nitrogen and oxygen atoms in total. The first-order chi connectivity index (χ1) is 12.8. The highest BCUT2D eigenvalue weighted by Gasteiger charge is 2.18. The molecule has 0 heterocycles. The van der Waals surface area contributed by atoms with Gasteiger partial charge in [0, 0.05) is 33.3 Å². The third kappa shape index (κ3) is 5.56. The molecule has 0 aromatic heterocycles. The van der Waals surface area contributed by atoms with Crippen LogP contribution in [0, 0.1) is 0 Å². The van der Waals surface area contributed by atoms with Crippen molar-refractivity contribution < 1.29 is 14.3 Å². The fraction of sp³-hybridized carbons (Fsp3) is 0.333. The molecular weight excluding hydrogens is 342 g/mol. The number of ether oxygens (including phenoxy) is 1. The summed E-state index contributed by atoms with van der Waals surface area (Å²) in [6.07, 6.45) is 0. The molecule has 0 bridgehead atoms. The van der Waals surface area contributed by atoms with Gasteiger partial charge in [-0.15, -0.1) is 0 Å². The largest absolute Gasteiger partial charge is 0.426 e. The van der Waals surface area contributed by atoms with Crippen LogP contribution in [0.25, 0.3) is 0 Å². The van der Waals surface area contributed by atoms with E-state index in [1.807, 2.05) is 33.1 Å². The van der Waals surface area contributed by atoms with Crippen LogP contribution in [0.4, 0.5) is 5.69 Å². The lowest BCUT2D eigenvalue weighted by atomic mass is 10.0. The molecule has 6 heteroatoms. The highest BCUT2D eigenvalue weighted by molar-refractivity contribution is 5.97. The van der Waals surface area contributed by atoms with E-state index in [4.69, 9.17) is 4.74 Å². The number of para-hydroxylation sites is 1. The van der Waals surface area contributed by atoms with Gasteiger partial charge in [0.25, 0.3) is 5.91 Å². The molecule has 0 unspecified atom stereocenters. The zero-order valence-electron chi connectivity index (χ0n) is 16.5. The fourth-order valence-electron chi connectivity index (χ4n) is 2.78. The van der Waals surface area contributed by atoms with Crippen LogP contribution in [0.3, 0.4) is 0 Å². The van der Waals surface area contributed by atoms with Crippen molar-refractivity contribution in [2.75, 3.05) is 39.6 Å². The minimum Gasteiger partial charge on any atom is -0.426 e. The minimum atomic E-state index is -0.456. The molecule has 2 aromatic carbocycles. The van der Waals surface area contributed by atoms with E-state index in [0.29, 0.717) is 12.1 Å². The predicted molar refractivity (Wildman–Crippen MR) is 107 cm³/mol. The third-order valence-electron chi connectivity index (χ3n) is 4.26. The number of anilines is 1. The second-order valence-electron chi connectivity index (χ2n) is 6.77. The Morgan fingerprint density at radius 1 is 1.00 bits per heavy atom. The lowest BCUT2D eigenvalue weighted by Gasteiger charge is -2.26. The highest BCUT2D eigenvalue weighted by atomic mass is 16.5. The van der Waals surface area contributed by atoms with E-state index in [2.05, 4.69) is 34.5 Å². The first-order valence-corrected chi connectivity index (χ1v) is 8.79. The molecule has 0 spiro atoms. The number of likely N-dealkylation sites (N-methyl/N-ethyl adjacent to an activating group) is 1. The van der Waals surface area contributed by atoms with E-state index >= 15 is 0 Å². The van der Waals surface area contributed by atoms with Crippen LogP contribution in [0.5, 0.6) is 5.75 Å². The van der Waals surface area contributed by atoms with Crippen molar-refractivity contribution in [2.24, 2.45) is 0 Å². The first-order valence-electron chi connectivity index (χ1n) is 8.79. The molecule has 0 fully saturated rings. The van der Waals surface area contributed by atoms with Crippen LogP contribution in [0.2, 0.25) is 0 Å². The van der Waals surface area contributed by atoms with Gasteiger partial charge in [0.15, 0.2) is 0 Å². The summed E-state index contributed by atoms with van der Waals surface area (Å²) in [7, 11) is 7.95. The normalized spacial score (nSPS) is 11.8. The Kier molecular flexibility index (Phi) is 6.96. The molecule has 144 valence electrons. The summed E-state index contributed by atoms with van der Waals surface area (Å²) in [6.45, 7) is 1.75. The van der Waals surface area contributed by atoms with E-state index in [0.717, 1.165) is 11.3 Å². The average Bonchev–Trinajstić information content (AvgIpc) is 2.61. The molecule has 1 atom stereocenters. The maximum absolute atomic E-state index is 12.6. The second-order valence-corrected chi connectivity index (χ2v) is 6.77. The molecule has 2 rings (SSSR count). The summed E-state index contributed by atoms with van der Waals surface area (Å²) < 4.78 is 5.13. The van der Waals surface area contributed by atoms with Gasteiger partial charge >= 0.3 is 5.97 Å². The molecule has 27 heavy (non-hydrogen) atoms. The topological polar surface area (TPSA) is 61.9 Å². The van der Waals surface area contributed by atoms with Crippen molar-refractivity contribution in [2.45, 2.75) is 13.0 Å². The van der Waals surface area contributed by atoms with Crippen molar-refractivity contribution in [3.05, 3.63) is 59.7 Å². The Morgan fingerprint density at radius 2 is 1.63 bits per heavy atom. The van der Waals surface area contributed by atoms with Crippen LogP contribution in [-0.2, 0) is 4.79 Å². The number of rotatable bonds is 7. The fourth-order valence-corrected chi connectivity index (χ4v) is 2.78. The number of benzene rings is 2. The molecule has 0 radical (unpaired) electrons. The van der Waals surface area contributed by atoms with Crippen molar-refractivity contribution in [1.82, 2.24) is 10.2 Å². The van der Waals surface area contributed by atoms with E-state index < -0.39 is 5.97 Å². The quantitative estimate of drug-likeness (QED) is 0.601. The van der Waals surface area contributed by atoms with E-state index in [1.165, 1.54) is 6.92 Å². The smallest absolute Gasteiger partial charge is 0.308 e. The number of carbonyl (C=O) groups is 2. The van der Waals surface area contributed by atoms with Crippen molar-refractivity contribution >= 4 is 17.6 Å². The van der Waals surface area contributed by atoms with Crippen LogP contribution < -0.4 is 15.0 Å². The van der Waals surface area contributed by atoms with Crippen LogP contribution in [0.1, 0.15) is 28.9 Å². The predicted octanol–water partition coefficient (Wildman–Crippen LogP) is 2.71. The van der Waals surface area contributed by atoms with Gasteiger partial charge in [0.05, 0.1) is 11.6 Å².